The predicted octanol–water partition coefficient (Wildman–Crippen LogP) is 4.17. The third kappa shape index (κ3) is 4.89. The maximum Gasteiger partial charge on any atom is 0.411 e. The Labute approximate surface area is 183 Å². The number of benzene rings is 1. The lowest BCUT2D eigenvalue weighted by atomic mass is 9.72. The average molecular weight is 433 g/mol. The lowest BCUT2D eigenvalue weighted by Gasteiger charge is -2.32. The van der Waals surface area contributed by atoms with E-state index < -0.39 is 41.5 Å². The first-order valence-corrected chi connectivity index (χ1v) is 10.5. The highest BCUT2D eigenvalue weighted by Crippen LogP contribution is 2.50. The molecule has 8 heteroatoms. The van der Waals surface area contributed by atoms with Crippen LogP contribution in [0.3, 0.4) is 0 Å². The van der Waals surface area contributed by atoms with Crippen molar-refractivity contribution < 1.29 is 24.0 Å². The van der Waals surface area contributed by atoms with Gasteiger partial charge in [-0.15, -0.1) is 0 Å². The second-order valence-electron chi connectivity index (χ2n) is 8.63. The Hall–Kier alpha value is -2.90. The molecule has 170 valence electrons. The van der Waals surface area contributed by atoms with Crippen molar-refractivity contribution in [3.8, 4) is 0 Å². The average Bonchev–Trinajstić information content (AvgIpc) is 3.09. The van der Waals surface area contributed by atoms with E-state index in [1.165, 1.54) is 11.0 Å². The van der Waals surface area contributed by atoms with Crippen LogP contribution in [0.2, 0.25) is 0 Å². The zero-order valence-corrected chi connectivity index (χ0v) is 18.9. The van der Waals surface area contributed by atoms with Crippen LogP contribution in [-0.2, 0) is 20.7 Å². The Morgan fingerprint density at radius 3 is 2.39 bits per heavy atom. The fraction of sp³-hybridized carbons (Fsp3) is 0.565. The van der Waals surface area contributed by atoms with Crippen molar-refractivity contribution >= 4 is 12.1 Å². The molecule has 1 amide bonds. The molecule has 4 atom stereocenters. The van der Waals surface area contributed by atoms with E-state index in [0.717, 1.165) is 5.56 Å². The minimum Gasteiger partial charge on any atom is -0.464 e. The first-order chi connectivity index (χ1) is 14.6. The van der Waals surface area contributed by atoms with Crippen LogP contribution < -0.4 is 0 Å². The topological polar surface area (TPSA) is 99.0 Å². The van der Waals surface area contributed by atoms with E-state index in [1.807, 2.05) is 39.8 Å². The minimum atomic E-state index is -1.21. The van der Waals surface area contributed by atoms with Gasteiger partial charge in [0.1, 0.15) is 18.7 Å². The Morgan fingerprint density at radius 2 is 1.87 bits per heavy atom. The fourth-order valence-corrected chi connectivity index (χ4v) is 4.52. The number of aryl methyl sites for hydroxylation is 1. The van der Waals surface area contributed by atoms with E-state index in [0.29, 0.717) is 12.0 Å². The summed E-state index contributed by atoms with van der Waals surface area (Å²) in [5, 5.41) is 12.4. The van der Waals surface area contributed by atoms with Crippen molar-refractivity contribution in [1.29, 1.82) is 0 Å². The van der Waals surface area contributed by atoms with E-state index in [1.54, 1.807) is 19.1 Å². The molecule has 2 rings (SSSR count). The molecular formula is C23H32N2O6. The largest absolute Gasteiger partial charge is 0.464 e. The van der Waals surface area contributed by atoms with Crippen LogP contribution in [0.4, 0.5) is 4.79 Å². The van der Waals surface area contributed by atoms with Gasteiger partial charge in [0.05, 0.1) is 12.5 Å². The molecule has 0 N–H and O–H groups in total. The molecule has 31 heavy (non-hydrogen) atoms. The summed E-state index contributed by atoms with van der Waals surface area (Å²) < 4.78 is 10.6. The van der Waals surface area contributed by atoms with Crippen LogP contribution in [0, 0.1) is 21.4 Å². The lowest BCUT2D eigenvalue weighted by Crippen LogP contribution is -2.48. The van der Waals surface area contributed by atoms with Crippen molar-refractivity contribution in [1.82, 2.24) is 4.90 Å². The standard InChI is InChI=1S/C23H32N2O6/c1-7-14-31-22(27)24-18(16-13-11-10-12-15(16)8-2)19(25(28)29)17(23(4,5)6)20(24)21(26)30-9-3/h7,10-13,17-20H,1,8-9,14H2,2-6H3/t17-,18-,19-,20-/m0/s1. The highest BCUT2D eigenvalue weighted by Gasteiger charge is 2.64. The van der Waals surface area contributed by atoms with E-state index >= 15 is 0 Å². The molecule has 1 aromatic carbocycles. The summed E-state index contributed by atoms with van der Waals surface area (Å²) in [4.78, 5) is 39.5. The number of rotatable bonds is 7. The normalized spacial score (nSPS) is 23.3. The van der Waals surface area contributed by atoms with Crippen LogP contribution in [0.1, 0.15) is 51.8 Å². The molecule has 0 radical (unpaired) electrons. The predicted molar refractivity (Wildman–Crippen MR) is 116 cm³/mol. The number of esters is 1. The van der Waals surface area contributed by atoms with Gasteiger partial charge in [-0.3, -0.25) is 15.0 Å². The summed E-state index contributed by atoms with van der Waals surface area (Å²) in [5.41, 5.74) is 0.850. The van der Waals surface area contributed by atoms with Crippen LogP contribution in [0.25, 0.3) is 0 Å². The van der Waals surface area contributed by atoms with E-state index in [2.05, 4.69) is 6.58 Å². The minimum absolute atomic E-state index is 0.0731. The molecule has 8 nitrogen and oxygen atoms in total. The van der Waals surface area contributed by atoms with Gasteiger partial charge in [-0.25, -0.2) is 9.59 Å². The van der Waals surface area contributed by atoms with Gasteiger partial charge in [-0.2, -0.15) is 0 Å². The van der Waals surface area contributed by atoms with Crippen LogP contribution in [0.5, 0.6) is 0 Å². The maximum absolute atomic E-state index is 13.2. The second kappa shape index (κ2) is 9.94. The molecular weight excluding hydrogens is 400 g/mol. The summed E-state index contributed by atoms with van der Waals surface area (Å²) in [6.45, 7) is 12.7. The second-order valence-corrected chi connectivity index (χ2v) is 8.63. The highest BCUT2D eigenvalue weighted by atomic mass is 16.6. The van der Waals surface area contributed by atoms with Gasteiger partial charge in [-0.05, 0) is 29.9 Å². The van der Waals surface area contributed by atoms with Crippen molar-refractivity contribution in [2.75, 3.05) is 13.2 Å². The van der Waals surface area contributed by atoms with E-state index in [-0.39, 0.29) is 18.1 Å². The molecule has 0 aliphatic carbocycles. The van der Waals surface area contributed by atoms with Crippen molar-refractivity contribution in [2.45, 2.75) is 59.2 Å². The molecule has 0 aromatic heterocycles. The Bertz CT molecular complexity index is 832. The number of hydrogen-bond acceptors (Lipinski definition) is 6. The number of hydrogen-bond donors (Lipinski definition) is 0. The highest BCUT2D eigenvalue weighted by molar-refractivity contribution is 5.83. The monoisotopic (exact) mass is 432 g/mol. The Morgan fingerprint density at radius 1 is 1.23 bits per heavy atom. The molecule has 1 aliphatic heterocycles. The molecule has 1 heterocycles. The summed E-state index contributed by atoms with van der Waals surface area (Å²) in [6, 6.07) is 3.96. The Balaban J connectivity index is 2.79. The summed E-state index contributed by atoms with van der Waals surface area (Å²) in [7, 11) is 0. The third-order valence-corrected chi connectivity index (χ3v) is 5.69. The number of nitrogens with zero attached hydrogens (tertiary/aromatic N) is 2. The van der Waals surface area contributed by atoms with Gasteiger partial charge in [-0.1, -0.05) is 64.6 Å². The van der Waals surface area contributed by atoms with Crippen LogP contribution >= 0.6 is 0 Å². The molecule has 1 fully saturated rings. The number of amides is 1. The number of likely N-dealkylation sites (tertiary alicyclic amines) is 1. The lowest BCUT2D eigenvalue weighted by molar-refractivity contribution is -0.536. The molecule has 1 saturated heterocycles. The van der Waals surface area contributed by atoms with Gasteiger partial charge >= 0.3 is 12.1 Å². The molecule has 0 spiro atoms. The van der Waals surface area contributed by atoms with Crippen molar-refractivity contribution in [2.24, 2.45) is 11.3 Å². The van der Waals surface area contributed by atoms with Gasteiger partial charge in [0, 0.05) is 4.92 Å². The third-order valence-electron chi connectivity index (χ3n) is 5.69. The molecule has 0 bridgehead atoms. The van der Waals surface area contributed by atoms with E-state index in [9.17, 15) is 19.7 Å². The molecule has 0 unspecified atom stereocenters. The quantitative estimate of drug-likeness (QED) is 0.278. The van der Waals surface area contributed by atoms with Gasteiger partial charge in [0.25, 0.3) is 0 Å². The number of ether oxygens (including phenoxy) is 2. The first kappa shape index (κ1) is 24.4. The smallest absolute Gasteiger partial charge is 0.411 e. The van der Waals surface area contributed by atoms with E-state index in [4.69, 9.17) is 9.47 Å². The number of carbonyl (C=O) groups excluding carboxylic acids is 2. The summed E-state index contributed by atoms with van der Waals surface area (Å²) >= 11 is 0. The maximum atomic E-state index is 13.2. The van der Waals surface area contributed by atoms with Crippen LogP contribution in [-0.4, -0.2) is 47.2 Å². The number of nitro groups is 1. The van der Waals surface area contributed by atoms with Crippen LogP contribution in [0.15, 0.2) is 36.9 Å². The molecule has 0 saturated carbocycles. The van der Waals surface area contributed by atoms with Gasteiger partial charge in [0.2, 0.25) is 6.04 Å². The molecule has 1 aromatic rings. The van der Waals surface area contributed by atoms with Gasteiger partial charge in [0.15, 0.2) is 0 Å². The molecule has 1 aliphatic rings. The first-order valence-electron chi connectivity index (χ1n) is 10.5. The Kier molecular flexibility index (Phi) is 7.81. The SMILES string of the molecule is C=CCOC(=O)N1[C@H](C(=O)OCC)[C@@H](C(C)(C)C)[C@H]([N+](=O)[O-])[C@@H]1c1ccccc1CC. The summed E-state index contributed by atoms with van der Waals surface area (Å²) in [5.74, 6) is -1.45. The zero-order valence-electron chi connectivity index (χ0n) is 18.9. The fourth-order valence-electron chi connectivity index (χ4n) is 4.52. The van der Waals surface area contributed by atoms with Gasteiger partial charge < -0.3 is 9.47 Å². The summed E-state index contributed by atoms with van der Waals surface area (Å²) in [6.07, 6.45) is 1.23. The van der Waals surface area contributed by atoms with Crippen molar-refractivity contribution in [3.63, 3.8) is 0 Å². The zero-order chi connectivity index (χ0) is 23.3. The van der Waals surface area contributed by atoms with Crippen molar-refractivity contribution in [3.05, 3.63) is 58.2 Å². The number of carbonyl (C=O) groups is 2.